The van der Waals surface area contributed by atoms with E-state index in [-0.39, 0.29) is 22.2 Å². The van der Waals surface area contributed by atoms with Crippen LogP contribution in [-0.2, 0) is 4.79 Å². The zero-order chi connectivity index (χ0) is 22.4. The van der Waals surface area contributed by atoms with E-state index in [1.54, 1.807) is 44.4 Å². The molecule has 0 saturated carbocycles. The van der Waals surface area contributed by atoms with Gasteiger partial charge in [-0.05, 0) is 64.6 Å². The van der Waals surface area contributed by atoms with E-state index < -0.39 is 5.91 Å². The molecule has 1 N–H and O–H groups in total. The number of carbonyl (C=O) groups excluding carboxylic acids is 2. The highest BCUT2D eigenvalue weighted by Crippen LogP contribution is 2.38. The molecule has 0 bridgehead atoms. The fourth-order valence-electron chi connectivity index (χ4n) is 2.60. The van der Waals surface area contributed by atoms with Gasteiger partial charge in [0.1, 0.15) is 5.70 Å². The molecule has 0 atom stereocenters. The van der Waals surface area contributed by atoms with E-state index in [0.29, 0.717) is 22.8 Å². The van der Waals surface area contributed by atoms with Crippen LogP contribution in [0, 0.1) is 3.57 Å². The van der Waals surface area contributed by atoms with Gasteiger partial charge in [0.25, 0.3) is 11.8 Å². The van der Waals surface area contributed by atoms with Crippen molar-refractivity contribution in [1.29, 1.82) is 0 Å². The molecule has 2 rings (SSSR count). The van der Waals surface area contributed by atoms with Crippen molar-refractivity contribution in [2.45, 2.75) is 0 Å². The Hall–Kier alpha value is -2.46. The largest absolute Gasteiger partial charge is 0.493 e. The van der Waals surface area contributed by atoms with Crippen LogP contribution in [0.15, 0.2) is 36.0 Å². The van der Waals surface area contributed by atoms with Crippen LogP contribution < -0.4 is 19.5 Å². The summed E-state index contributed by atoms with van der Waals surface area (Å²) in [5.41, 5.74) is 0.906. The average molecular weight is 545 g/mol. The number of ether oxygens (including phenoxy) is 3. The van der Waals surface area contributed by atoms with Gasteiger partial charge in [0.15, 0.2) is 11.5 Å². The number of likely N-dealkylation sites (N-methyl/N-ethyl adjacent to an activating group) is 1. The summed E-state index contributed by atoms with van der Waals surface area (Å²) >= 11 is 8.25. The summed E-state index contributed by atoms with van der Waals surface area (Å²) < 4.78 is 16.9. The molecule has 0 aliphatic heterocycles. The topological polar surface area (TPSA) is 77.1 Å². The van der Waals surface area contributed by atoms with Crippen molar-refractivity contribution in [3.63, 3.8) is 0 Å². The zero-order valence-electron chi connectivity index (χ0n) is 17.2. The van der Waals surface area contributed by atoms with Crippen LogP contribution in [0.2, 0.25) is 5.02 Å². The highest BCUT2D eigenvalue weighted by molar-refractivity contribution is 14.1. The first-order chi connectivity index (χ1) is 14.2. The predicted octanol–water partition coefficient (Wildman–Crippen LogP) is 3.83. The Bertz CT molecular complexity index is 966. The van der Waals surface area contributed by atoms with Crippen LogP contribution in [0.25, 0.3) is 6.08 Å². The SMILES string of the molecule is COc1cc(C=C(NC(=O)c2cc(I)ccc2Cl)C(=O)N(C)C)cc(OC)c1OC. The van der Waals surface area contributed by atoms with Gasteiger partial charge in [-0.1, -0.05) is 11.6 Å². The molecule has 7 nitrogen and oxygen atoms in total. The van der Waals surface area contributed by atoms with Crippen LogP contribution in [0.5, 0.6) is 17.2 Å². The summed E-state index contributed by atoms with van der Waals surface area (Å²) in [5, 5.41) is 2.95. The Morgan fingerprint density at radius 1 is 1.03 bits per heavy atom. The minimum atomic E-state index is -0.493. The maximum absolute atomic E-state index is 12.8. The molecule has 160 valence electrons. The van der Waals surface area contributed by atoms with Gasteiger partial charge in [0.2, 0.25) is 5.75 Å². The standard InChI is InChI=1S/C21H22ClIN2O5/c1-25(2)21(27)16(24-20(26)14-11-13(23)6-7-15(14)22)8-12-9-17(28-3)19(30-5)18(10-12)29-4/h6-11H,1-5H3,(H,24,26). The Morgan fingerprint density at radius 2 is 1.63 bits per heavy atom. The van der Waals surface area contributed by atoms with E-state index >= 15 is 0 Å². The van der Waals surface area contributed by atoms with Crippen molar-refractivity contribution < 1.29 is 23.8 Å². The maximum Gasteiger partial charge on any atom is 0.269 e. The van der Waals surface area contributed by atoms with Crippen LogP contribution in [0.4, 0.5) is 0 Å². The number of amides is 2. The van der Waals surface area contributed by atoms with E-state index in [2.05, 4.69) is 27.9 Å². The first-order valence-electron chi connectivity index (χ1n) is 8.71. The molecule has 0 aliphatic carbocycles. The second-order valence-corrected chi connectivity index (χ2v) is 7.95. The highest BCUT2D eigenvalue weighted by Gasteiger charge is 2.19. The van der Waals surface area contributed by atoms with Gasteiger partial charge in [-0.2, -0.15) is 0 Å². The fraction of sp³-hybridized carbons (Fsp3) is 0.238. The van der Waals surface area contributed by atoms with E-state index in [1.807, 2.05) is 0 Å². The van der Waals surface area contributed by atoms with Gasteiger partial charge >= 0.3 is 0 Å². The number of methoxy groups -OCH3 is 3. The maximum atomic E-state index is 12.8. The van der Waals surface area contributed by atoms with Crippen molar-refractivity contribution in [1.82, 2.24) is 10.2 Å². The van der Waals surface area contributed by atoms with Gasteiger partial charge < -0.3 is 24.4 Å². The summed E-state index contributed by atoms with van der Waals surface area (Å²) in [5.74, 6) is 0.386. The zero-order valence-corrected chi connectivity index (χ0v) is 20.1. The first-order valence-corrected chi connectivity index (χ1v) is 10.2. The lowest BCUT2D eigenvalue weighted by molar-refractivity contribution is -0.124. The number of halogens is 2. The van der Waals surface area contributed by atoms with Gasteiger partial charge in [0, 0.05) is 17.7 Å². The fourth-order valence-corrected chi connectivity index (χ4v) is 3.30. The molecule has 0 radical (unpaired) electrons. The van der Waals surface area contributed by atoms with Crippen molar-refractivity contribution in [2.75, 3.05) is 35.4 Å². The number of carbonyl (C=O) groups is 2. The van der Waals surface area contributed by atoms with Gasteiger partial charge in [-0.3, -0.25) is 9.59 Å². The quantitative estimate of drug-likeness (QED) is 0.424. The second-order valence-electron chi connectivity index (χ2n) is 6.29. The summed E-state index contributed by atoms with van der Waals surface area (Å²) in [6.07, 6.45) is 1.53. The molecule has 0 aromatic heterocycles. The third-order valence-corrected chi connectivity index (χ3v) is 5.06. The average Bonchev–Trinajstić information content (AvgIpc) is 2.73. The Kier molecular flexibility index (Phi) is 8.36. The number of nitrogens with one attached hydrogen (secondary N) is 1. The molecule has 0 saturated heterocycles. The van der Waals surface area contributed by atoms with Crippen molar-refractivity contribution in [3.05, 3.63) is 55.7 Å². The third-order valence-electron chi connectivity index (χ3n) is 4.06. The summed E-state index contributed by atoms with van der Waals surface area (Å²) in [6, 6.07) is 8.42. The normalized spacial score (nSPS) is 11.0. The number of nitrogens with zero attached hydrogens (tertiary/aromatic N) is 1. The number of benzene rings is 2. The summed E-state index contributed by atoms with van der Waals surface area (Å²) in [6.45, 7) is 0. The Balaban J connectivity index is 2.52. The molecule has 9 heteroatoms. The van der Waals surface area contributed by atoms with Crippen LogP contribution in [-0.4, -0.2) is 52.1 Å². The van der Waals surface area contributed by atoms with E-state index in [9.17, 15) is 9.59 Å². The number of hydrogen-bond donors (Lipinski definition) is 1. The van der Waals surface area contributed by atoms with Gasteiger partial charge in [-0.25, -0.2) is 0 Å². The second kappa shape index (κ2) is 10.5. The number of rotatable bonds is 7. The van der Waals surface area contributed by atoms with Crippen LogP contribution in [0.3, 0.4) is 0 Å². The molecule has 30 heavy (non-hydrogen) atoms. The highest BCUT2D eigenvalue weighted by atomic mass is 127. The summed E-state index contributed by atoms with van der Waals surface area (Å²) in [4.78, 5) is 26.9. The van der Waals surface area contributed by atoms with Crippen LogP contribution >= 0.6 is 34.2 Å². The molecule has 0 unspecified atom stereocenters. The van der Waals surface area contributed by atoms with E-state index in [0.717, 1.165) is 3.57 Å². The minimum Gasteiger partial charge on any atom is -0.493 e. The molecular formula is C21H22ClIN2O5. The number of hydrogen-bond acceptors (Lipinski definition) is 5. The Labute approximate surface area is 194 Å². The monoisotopic (exact) mass is 544 g/mol. The molecule has 2 amide bonds. The van der Waals surface area contributed by atoms with Gasteiger partial charge in [-0.15, -0.1) is 0 Å². The summed E-state index contributed by atoms with van der Waals surface area (Å²) in [7, 11) is 7.68. The van der Waals surface area contributed by atoms with Crippen LogP contribution in [0.1, 0.15) is 15.9 Å². The van der Waals surface area contributed by atoms with Crippen molar-refractivity contribution in [2.24, 2.45) is 0 Å². The molecule has 0 aliphatic rings. The molecule has 2 aromatic carbocycles. The minimum absolute atomic E-state index is 0.0641. The lowest BCUT2D eigenvalue weighted by Gasteiger charge is -2.16. The van der Waals surface area contributed by atoms with Crippen molar-refractivity contribution in [3.8, 4) is 17.2 Å². The lowest BCUT2D eigenvalue weighted by atomic mass is 10.1. The first kappa shape index (κ1) is 23.8. The van der Waals surface area contributed by atoms with Gasteiger partial charge in [0.05, 0.1) is 31.9 Å². The molecule has 2 aromatic rings. The molecule has 0 fully saturated rings. The smallest absolute Gasteiger partial charge is 0.269 e. The lowest BCUT2D eigenvalue weighted by Crippen LogP contribution is -2.34. The third kappa shape index (κ3) is 5.57. The molecular weight excluding hydrogens is 523 g/mol. The Morgan fingerprint density at radius 3 is 2.13 bits per heavy atom. The predicted molar refractivity (Wildman–Crippen MR) is 124 cm³/mol. The molecule has 0 heterocycles. The van der Waals surface area contributed by atoms with E-state index in [1.165, 1.54) is 32.3 Å². The van der Waals surface area contributed by atoms with Crippen molar-refractivity contribution >= 4 is 52.1 Å². The molecule has 0 spiro atoms. The van der Waals surface area contributed by atoms with E-state index in [4.69, 9.17) is 25.8 Å².